The standard InChI is InChI=1S/C16H18N2O4/c19-13(14-7-4-10-22-14)8-9-17-15(20)16(21)18-11-12-5-2-1-3-6-12/h1-7,10,13,19H,8-9,11H2,(H,17,20)(H,18,21). The lowest BCUT2D eigenvalue weighted by atomic mass is 10.2. The Balaban J connectivity index is 1.67. The Morgan fingerprint density at radius 1 is 1.05 bits per heavy atom. The molecule has 3 N–H and O–H groups in total. The van der Waals surface area contributed by atoms with Crippen LogP contribution < -0.4 is 10.6 Å². The smallest absolute Gasteiger partial charge is 0.309 e. The van der Waals surface area contributed by atoms with E-state index in [2.05, 4.69) is 10.6 Å². The lowest BCUT2D eigenvalue weighted by Crippen LogP contribution is -2.40. The van der Waals surface area contributed by atoms with Gasteiger partial charge in [-0.3, -0.25) is 9.59 Å². The summed E-state index contributed by atoms with van der Waals surface area (Å²) in [7, 11) is 0. The minimum absolute atomic E-state index is 0.180. The molecule has 0 aliphatic rings. The van der Waals surface area contributed by atoms with Gasteiger partial charge in [-0.25, -0.2) is 0 Å². The van der Waals surface area contributed by atoms with E-state index in [0.717, 1.165) is 5.56 Å². The molecule has 0 aliphatic heterocycles. The van der Waals surface area contributed by atoms with Gasteiger partial charge < -0.3 is 20.2 Å². The predicted octanol–water partition coefficient (Wildman–Crippen LogP) is 1.14. The van der Waals surface area contributed by atoms with E-state index in [1.54, 1.807) is 12.1 Å². The van der Waals surface area contributed by atoms with Gasteiger partial charge in [0, 0.05) is 13.1 Å². The molecule has 116 valence electrons. The van der Waals surface area contributed by atoms with Crippen LogP contribution in [0.5, 0.6) is 0 Å². The van der Waals surface area contributed by atoms with Crippen molar-refractivity contribution in [3.05, 3.63) is 60.1 Å². The highest BCUT2D eigenvalue weighted by molar-refractivity contribution is 6.35. The van der Waals surface area contributed by atoms with Crippen LogP contribution in [0.3, 0.4) is 0 Å². The normalized spacial score (nSPS) is 11.7. The summed E-state index contributed by atoms with van der Waals surface area (Å²) in [4.78, 5) is 23.2. The molecule has 0 saturated carbocycles. The van der Waals surface area contributed by atoms with Gasteiger partial charge in [-0.15, -0.1) is 0 Å². The Bertz CT molecular complexity index is 596. The van der Waals surface area contributed by atoms with Crippen molar-refractivity contribution in [2.45, 2.75) is 19.1 Å². The second-order valence-electron chi connectivity index (χ2n) is 4.74. The van der Waals surface area contributed by atoms with Crippen molar-refractivity contribution >= 4 is 11.8 Å². The molecule has 0 saturated heterocycles. The quantitative estimate of drug-likeness (QED) is 0.698. The van der Waals surface area contributed by atoms with Crippen LogP contribution in [0.15, 0.2) is 53.1 Å². The first-order chi connectivity index (χ1) is 10.7. The number of rotatable bonds is 6. The molecule has 2 amide bonds. The van der Waals surface area contributed by atoms with Crippen LogP contribution in [-0.2, 0) is 16.1 Å². The molecular weight excluding hydrogens is 284 g/mol. The van der Waals surface area contributed by atoms with Gasteiger partial charge in [0.25, 0.3) is 0 Å². The molecule has 6 heteroatoms. The third kappa shape index (κ3) is 4.75. The van der Waals surface area contributed by atoms with Crippen molar-refractivity contribution in [2.75, 3.05) is 6.54 Å². The van der Waals surface area contributed by atoms with Crippen LogP contribution in [0.2, 0.25) is 0 Å². The van der Waals surface area contributed by atoms with E-state index in [1.807, 2.05) is 30.3 Å². The number of furan rings is 1. The van der Waals surface area contributed by atoms with Crippen LogP contribution in [0, 0.1) is 0 Å². The van der Waals surface area contributed by atoms with Crippen molar-refractivity contribution in [2.24, 2.45) is 0 Å². The molecule has 0 fully saturated rings. The fourth-order valence-electron chi connectivity index (χ4n) is 1.88. The maximum atomic E-state index is 11.6. The number of aliphatic hydroxyl groups excluding tert-OH is 1. The topological polar surface area (TPSA) is 91.6 Å². The summed E-state index contributed by atoms with van der Waals surface area (Å²) < 4.78 is 5.05. The van der Waals surface area contributed by atoms with Crippen molar-refractivity contribution in [3.63, 3.8) is 0 Å². The van der Waals surface area contributed by atoms with E-state index in [0.29, 0.717) is 12.3 Å². The number of amides is 2. The van der Waals surface area contributed by atoms with E-state index in [1.165, 1.54) is 6.26 Å². The summed E-state index contributed by atoms with van der Waals surface area (Å²) in [5.41, 5.74) is 0.914. The Hall–Kier alpha value is -2.60. The van der Waals surface area contributed by atoms with Gasteiger partial charge in [-0.2, -0.15) is 0 Å². The maximum absolute atomic E-state index is 11.6. The molecule has 0 aliphatic carbocycles. The number of nitrogens with one attached hydrogen (secondary N) is 2. The fraction of sp³-hybridized carbons (Fsp3) is 0.250. The Morgan fingerprint density at radius 2 is 1.77 bits per heavy atom. The van der Waals surface area contributed by atoms with Gasteiger partial charge >= 0.3 is 11.8 Å². The van der Waals surface area contributed by atoms with Gasteiger partial charge in [0.2, 0.25) is 0 Å². The molecule has 2 aromatic rings. The first-order valence-electron chi connectivity index (χ1n) is 6.98. The van der Waals surface area contributed by atoms with Gasteiger partial charge in [0.15, 0.2) is 0 Å². The van der Waals surface area contributed by atoms with Crippen LogP contribution >= 0.6 is 0 Å². The molecule has 6 nitrogen and oxygen atoms in total. The molecule has 0 spiro atoms. The third-order valence-electron chi connectivity index (χ3n) is 3.08. The lowest BCUT2D eigenvalue weighted by Gasteiger charge is -2.09. The monoisotopic (exact) mass is 302 g/mol. The summed E-state index contributed by atoms with van der Waals surface area (Å²) in [6.07, 6.45) is 0.932. The average molecular weight is 302 g/mol. The number of benzene rings is 1. The van der Waals surface area contributed by atoms with E-state index >= 15 is 0 Å². The van der Waals surface area contributed by atoms with E-state index < -0.39 is 17.9 Å². The molecule has 0 bridgehead atoms. The number of aliphatic hydroxyl groups is 1. The number of hydrogen-bond donors (Lipinski definition) is 3. The molecule has 2 rings (SSSR count). The number of hydrogen-bond acceptors (Lipinski definition) is 4. The second kappa shape index (κ2) is 7.99. The van der Waals surface area contributed by atoms with Gasteiger partial charge in [0.05, 0.1) is 6.26 Å². The molecule has 22 heavy (non-hydrogen) atoms. The van der Waals surface area contributed by atoms with Crippen molar-refractivity contribution in [1.82, 2.24) is 10.6 Å². The minimum atomic E-state index is -0.803. The number of carbonyl (C=O) groups is 2. The molecule has 1 aromatic carbocycles. The van der Waals surface area contributed by atoms with Crippen LogP contribution in [0.25, 0.3) is 0 Å². The largest absolute Gasteiger partial charge is 0.467 e. The van der Waals surface area contributed by atoms with Crippen LogP contribution in [0.4, 0.5) is 0 Å². The molecule has 1 atom stereocenters. The summed E-state index contributed by atoms with van der Waals surface area (Å²) in [5, 5.41) is 14.8. The summed E-state index contributed by atoms with van der Waals surface area (Å²) in [6, 6.07) is 12.6. The zero-order chi connectivity index (χ0) is 15.8. The molecule has 1 unspecified atom stereocenters. The first-order valence-corrected chi connectivity index (χ1v) is 6.98. The van der Waals surface area contributed by atoms with Crippen molar-refractivity contribution in [3.8, 4) is 0 Å². The zero-order valence-electron chi connectivity index (χ0n) is 12.0. The van der Waals surface area contributed by atoms with E-state index in [4.69, 9.17) is 4.42 Å². The highest BCUT2D eigenvalue weighted by atomic mass is 16.4. The average Bonchev–Trinajstić information content (AvgIpc) is 3.08. The lowest BCUT2D eigenvalue weighted by molar-refractivity contribution is -0.139. The number of carbonyl (C=O) groups excluding carboxylic acids is 2. The van der Waals surface area contributed by atoms with Crippen molar-refractivity contribution < 1.29 is 19.1 Å². The fourth-order valence-corrected chi connectivity index (χ4v) is 1.88. The SMILES string of the molecule is O=C(NCCC(O)c1ccco1)C(=O)NCc1ccccc1. The van der Waals surface area contributed by atoms with Crippen LogP contribution in [-0.4, -0.2) is 23.5 Å². The Morgan fingerprint density at radius 3 is 2.45 bits per heavy atom. The Kier molecular flexibility index (Phi) is 5.73. The maximum Gasteiger partial charge on any atom is 0.309 e. The second-order valence-corrected chi connectivity index (χ2v) is 4.74. The van der Waals surface area contributed by atoms with Crippen molar-refractivity contribution in [1.29, 1.82) is 0 Å². The molecule has 1 aromatic heterocycles. The summed E-state index contributed by atoms with van der Waals surface area (Å²) >= 11 is 0. The zero-order valence-corrected chi connectivity index (χ0v) is 12.0. The molecule has 1 heterocycles. The van der Waals surface area contributed by atoms with Gasteiger partial charge in [-0.1, -0.05) is 30.3 Å². The minimum Gasteiger partial charge on any atom is -0.467 e. The highest BCUT2D eigenvalue weighted by Crippen LogP contribution is 2.15. The third-order valence-corrected chi connectivity index (χ3v) is 3.08. The predicted molar refractivity (Wildman–Crippen MR) is 79.6 cm³/mol. The summed E-state index contributed by atoms with van der Waals surface area (Å²) in [6.45, 7) is 0.474. The highest BCUT2D eigenvalue weighted by Gasteiger charge is 2.14. The van der Waals surface area contributed by atoms with Gasteiger partial charge in [-0.05, 0) is 24.1 Å². The van der Waals surface area contributed by atoms with Crippen LogP contribution in [0.1, 0.15) is 23.8 Å². The first kappa shape index (κ1) is 15.8. The van der Waals surface area contributed by atoms with E-state index in [9.17, 15) is 14.7 Å². The van der Waals surface area contributed by atoms with E-state index in [-0.39, 0.29) is 13.0 Å². The van der Waals surface area contributed by atoms with Gasteiger partial charge in [0.1, 0.15) is 11.9 Å². The molecule has 0 radical (unpaired) electrons. The summed E-state index contributed by atoms with van der Waals surface area (Å²) in [5.74, 6) is -0.985. The Labute approximate surface area is 128 Å². The molecular formula is C16H18N2O4.